The van der Waals surface area contributed by atoms with E-state index >= 15 is 0 Å². The van der Waals surface area contributed by atoms with Crippen LogP contribution in [0.2, 0.25) is 0 Å². The fourth-order valence-corrected chi connectivity index (χ4v) is 5.31. The number of hydrogen-bond acceptors (Lipinski definition) is 6. The number of rotatable bonds is 3. The molecular formula is C27H18N4OS. The molecule has 6 heteroatoms. The molecule has 0 amide bonds. The molecule has 0 bridgehead atoms. The van der Waals surface area contributed by atoms with Crippen molar-refractivity contribution in [1.82, 2.24) is 20.2 Å². The number of pyridine rings is 2. The topological polar surface area (TPSA) is 68.6 Å². The standard InChI is InChI=1S/C27H18N4OS/c1-15-20(16(2)32)13-19-14-21-25(29-26(19)28-15)23-22(17-9-5-3-6-10-17)24(30-31-27(23)33-21)18-11-7-4-8-12-18/h3-14H,1-2H3. The summed E-state index contributed by atoms with van der Waals surface area (Å²) in [5.41, 5.74) is 6.71. The Hall–Kier alpha value is -4.03. The van der Waals surface area contributed by atoms with E-state index in [1.54, 1.807) is 18.3 Å². The number of hydrogen-bond donors (Lipinski definition) is 0. The minimum Gasteiger partial charge on any atom is -0.294 e. The Morgan fingerprint density at radius 1 is 0.848 bits per heavy atom. The lowest BCUT2D eigenvalue weighted by molar-refractivity contribution is 0.101. The predicted octanol–water partition coefficient (Wildman–Crippen LogP) is 6.63. The smallest absolute Gasteiger partial charge is 0.161 e. The predicted molar refractivity (Wildman–Crippen MR) is 134 cm³/mol. The van der Waals surface area contributed by atoms with Crippen LogP contribution in [0, 0.1) is 6.92 Å². The lowest BCUT2D eigenvalue weighted by Crippen LogP contribution is -2.00. The van der Waals surface area contributed by atoms with E-state index in [9.17, 15) is 4.79 Å². The zero-order chi connectivity index (χ0) is 22.5. The molecule has 0 saturated heterocycles. The van der Waals surface area contributed by atoms with Crippen LogP contribution in [-0.4, -0.2) is 25.9 Å². The average Bonchev–Trinajstić information content (AvgIpc) is 3.20. The molecule has 0 aliphatic heterocycles. The van der Waals surface area contributed by atoms with Gasteiger partial charge in [0.15, 0.2) is 11.4 Å². The number of Topliss-reactive ketones (excluding diaryl/α,β-unsaturated/α-hetero) is 1. The van der Waals surface area contributed by atoms with Gasteiger partial charge in [0.1, 0.15) is 10.5 Å². The monoisotopic (exact) mass is 446 g/mol. The van der Waals surface area contributed by atoms with Crippen molar-refractivity contribution in [3.05, 3.63) is 84.1 Å². The molecule has 0 saturated carbocycles. The Kier molecular flexibility index (Phi) is 4.48. The van der Waals surface area contributed by atoms with Gasteiger partial charge in [-0.15, -0.1) is 21.5 Å². The number of aryl methyl sites for hydroxylation is 1. The molecule has 0 spiro atoms. The Bertz CT molecular complexity index is 1690. The summed E-state index contributed by atoms with van der Waals surface area (Å²) in [6, 6.07) is 24.3. The fourth-order valence-electron chi connectivity index (χ4n) is 4.29. The van der Waals surface area contributed by atoms with Gasteiger partial charge in [0.2, 0.25) is 0 Å². The third-order valence-corrected chi connectivity index (χ3v) is 6.84. The third-order valence-electron chi connectivity index (χ3n) is 5.83. The number of carbonyl (C=O) groups is 1. The summed E-state index contributed by atoms with van der Waals surface area (Å²) in [7, 11) is 0. The van der Waals surface area contributed by atoms with Gasteiger partial charge in [-0.05, 0) is 31.5 Å². The normalized spacial score (nSPS) is 11.5. The molecule has 0 N–H and O–H groups in total. The number of benzene rings is 2. The minimum atomic E-state index is 0.00284. The maximum atomic E-state index is 12.0. The molecule has 6 rings (SSSR count). The Labute approximate surface area is 193 Å². The van der Waals surface area contributed by atoms with E-state index in [1.807, 2.05) is 61.5 Å². The van der Waals surface area contributed by atoms with Gasteiger partial charge in [-0.25, -0.2) is 9.97 Å². The van der Waals surface area contributed by atoms with Gasteiger partial charge in [-0.1, -0.05) is 60.7 Å². The summed E-state index contributed by atoms with van der Waals surface area (Å²) in [4.78, 5) is 22.5. The minimum absolute atomic E-state index is 0.00284. The summed E-state index contributed by atoms with van der Waals surface area (Å²) >= 11 is 1.56. The summed E-state index contributed by atoms with van der Waals surface area (Å²) in [5.74, 6) is 0.00284. The van der Waals surface area contributed by atoms with Crippen molar-refractivity contribution in [1.29, 1.82) is 0 Å². The fraction of sp³-hybridized carbons (Fsp3) is 0.0741. The lowest BCUT2D eigenvalue weighted by Gasteiger charge is -2.10. The van der Waals surface area contributed by atoms with Crippen LogP contribution >= 0.6 is 11.3 Å². The van der Waals surface area contributed by atoms with Crippen molar-refractivity contribution in [2.45, 2.75) is 13.8 Å². The first-order valence-corrected chi connectivity index (χ1v) is 11.4. The van der Waals surface area contributed by atoms with E-state index in [1.165, 1.54) is 0 Å². The van der Waals surface area contributed by atoms with Crippen molar-refractivity contribution < 1.29 is 4.79 Å². The summed E-state index contributed by atoms with van der Waals surface area (Å²) in [6.07, 6.45) is 0. The van der Waals surface area contributed by atoms with Gasteiger partial charge < -0.3 is 0 Å². The maximum absolute atomic E-state index is 12.0. The zero-order valence-corrected chi connectivity index (χ0v) is 18.9. The molecule has 0 atom stereocenters. The highest BCUT2D eigenvalue weighted by molar-refractivity contribution is 7.25. The molecule has 6 aromatic rings. The largest absolute Gasteiger partial charge is 0.294 e. The maximum Gasteiger partial charge on any atom is 0.161 e. The first-order valence-electron chi connectivity index (χ1n) is 10.6. The van der Waals surface area contributed by atoms with E-state index in [4.69, 9.17) is 4.98 Å². The van der Waals surface area contributed by atoms with Crippen LogP contribution in [0.25, 0.3) is 53.9 Å². The molecule has 0 aliphatic rings. The van der Waals surface area contributed by atoms with E-state index < -0.39 is 0 Å². The highest BCUT2D eigenvalue weighted by Crippen LogP contribution is 2.42. The molecule has 33 heavy (non-hydrogen) atoms. The highest BCUT2D eigenvalue weighted by atomic mass is 32.1. The first kappa shape index (κ1) is 19.6. The number of thiophene rings is 1. The molecule has 4 aromatic heterocycles. The van der Waals surface area contributed by atoms with Crippen LogP contribution in [0.5, 0.6) is 0 Å². The third kappa shape index (κ3) is 3.18. The zero-order valence-electron chi connectivity index (χ0n) is 18.0. The van der Waals surface area contributed by atoms with Crippen LogP contribution < -0.4 is 0 Å². The first-order chi connectivity index (χ1) is 16.1. The van der Waals surface area contributed by atoms with E-state index in [-0.39, 0.29) is 5.78 Å². The average molecular weight is 447 g/mol. The number of ketones is 1. The number of nitrogens with zero attached hydrogens (tertiary/aromatic N) is 4. The van der Waals surface area contributed by atoms with Crippen LogP contribution in [0.15, 0.2) is 72.8 Å². The van der Waals surface area contributed by atoms with Crippen LogP contribution in [0.1, 0.15) is 23.0 Å². The van der Waals surface area contributed by atoms with Crippen LogP contribution in [0.4, 0.5) is 0 Å². The SMILES string of the molecule is CC(=O)c1cc2cc3sc4nnc(-c5ccccc5)c(-c5ccccc5)c4c3nc2nc1C. The molecule has 2 aromatic carbocycles. The quantitative estimate of drug-likeness (QED) is 0.285. The van der Waals surface area contributed by atoms with Crippen molar-refractivity contribution in [2.75, 3.05) is 0 Å². The Morgan fingerprint density at radius 2 is 1.55 bits per heavy atom. The van der Waals surface area contributed by atoms with Gasteiger partial charge in [-0.3, -0.25) is 4.79 Å². The molecule has 0 radical (unpaired) electrons. The van der Waals surface area contributed by atoms with Crippen LogP contribution in [0.3, 0.4) is 0 Å². The number of carbonyl (C=O) groups excluding carboxylic acids is 1. The number of aromatic nitrogens is 4. The molecule has 0 aliphatic carbocycles. The summed E-state index contributed by atoms with van der Waals surface area (Å²) in [5, 5.41) is 11.1. The molecule has 0 unspecified atom stereocenters. The molecule has 5 nitrogen and oxygen atoms in total. The van der Waals surface area contributed by atoms with Gasteiger partial charge in [0.25, 0.3) is 0 Å². The van der Waals surface area contributed by atoms with Gasteiger partial charge in [-0.2, -0.15) is 0 Å². The van der Waals surface area contributed by atoms with Gasteiger partial charge >= 0.3 is 0 Å². The van der Waals surface area contributed by atoms with Crippen molar-refractivity contribution in [3.63, 3.8) is 0 Å². The molecule has 4 heterocycles. The van der Waals surface area contributed by atoms with Crippen LogP contribution in [-0.2, 0) is 0 Å². The van der Waals surface area contributed by atoms with Gasteiger partial charge in [0, 0.05) is 27.5 Å². The molecular weight excluding hydrogens is 428 g/mol. The van der Waals surface area contributed by atoms with E-state index in [0.29, 0.717) is 16.9 Å². The summed E-state index contributed by atoms with van der Waals surface area (Å²) < 4.78 is 0.995. The van der Waals surface area contributed by atoms with E-state index in [0.717, 1.165) is 48.2 Å². The second kappa shape index (κ2) is 7.53. The molecule has 158 valence electrons. The lowest BCUT2D eigenvalue weighted by atomic mass is 9.97. The Balaban J connectivity index is 1.74. The summed E-state index contributed by atoms with van der Waals surface area (Å²) in [6.45, 7) is 3.41. The second-order valence-corrected chi connectivity index (χ2v) is 9.03. The van der Waals surface area contributed by atoms with Crippen molar-refractivity contribution in [2.24, 2.45) is 0 Å². The highest BCUT2D eigenvalue weighted by Gasteiger charge is 2.20. The van der Waals surface area contributed by atoms with E-state index in [2.05, 4.69) is 33.4 Å². The molecule has 0 fully saturated rings. The number of fused-ring (bicyclic) bond motifs is 4. The second-order valence-electron chi connectivity index (χ2n) is 8.00. The van der Waals surface area contributed by atoms with Crippen molar-refractivity contribution in [3.8, 4) is 22.4 Å². The Morgan fingerprint density at radius 3 is 2.24 bits per heavy atom. The van der Waals surface area contributed by atoms with Gasteiger partial charge in [0.05, 0.1) is 15.9 Å². The van der Waals surface area contributed by atoms with Crippen molar-refractivity contribution >= 4 is 48.6 Å².